The zero-order valence-corrected chi connectivity index (χ0v) is 16.2. The van der Waals surface area contributed by atoms with Gasteiger partial charge < -0.3 is 10.2 Å². The summed E-state index contributed by atoms with van der Waals surface area (Å²) in [5, 5.41) is 3.67. The van der Waals surface area contributed by atoms with E-state index in [1.165, 1.54) is 39.2 Å². The van der Waals surface area contributed by atoms with Gasteiger partial charge in [0.25, 0.3) is 0 Å². The lowest BCUT2D eigenvalue weighted by Crippen LogP contribution is -2.15. The van der Waals surface area contributed by atoms with E-state index in [4.69, 9.17) is 0 Å². The van der Waals surface area contributed by atoms with Gasteiger partial charge in [-0.15, -0.1) is 0 Å². The van der Waals surface area contributed by atoms with E-state index >= 15 is 0 Å². The van der Waals surface area contributed by atoms with E-state index in [2.05, 4.69) is 106 Å². The Balaban J connectivity index is 1.82. The molecule has 1 aliphatic rings. The molecule has 1 aliphatic carbocycles. The smallest absolute Gasteiger partial charge is 0.0621 e. The molecule has 3 aromatic carbocycles. The number of hydrogen-bond donors (Lipinski definition) is 1. The predicted octanol–water partition coefficient (Wildman–Crippen LogP) is 6.11. The van der Waals surface area contributed by atoms with Crippen LogP contribution in [0.15, 0.2) is 60.7 Å². The summed E-state index contributed by atoms with van der Waals surface area (Å²) in [6.45, 7) is 6.84. The third-order valence-corrected chi connectivity index (χ3v) is 5.58. The van der Waals surface area contributed by atoms with Crippen LogP contribution in [0.3, 0.4) is 0 Å². The maximum absolute atomic E-state index is 3.67. The van der Waals surface area contributed by atoms with E-state index in [1.54, 1.807) is 0 Å². The first-order valence-electron chi connectivity index (χ1n) is 9.18. The summed E-state index contributed by atoms with van der Waals surface area (Å²) in [6.07, 6.45) is 0. The number of aryl methyl sites for hydroxylation is 1. The molecule has 0 aromatic heterocycles. The topological polar surface area (TPSA) is 15.3 Å². The van der Waals surface area contributed by atoms with Crippen LogP contribution in [0.5, 0.6) is 0 Å². The van der Waals surface area contributed by atoms with Crippen LogP contribution >= 0.6 is 0 Å². The van der Waals surface area contributed by atoms with Gasteiger partial charge in [0.05, 0.1) is 11.4 Å². The monoisotopic (exact) mass is 342 g/mol. The molecule has 2 nitrogen and oxygen atoms in total. The number of benzene rings is 3. The van der Waals surface area contributed by atoms with Crippen LogP contribution < -0.4 is 10.2 Å². The van der Waals surface area contributed by atoms with Gasteiger partial charge in [0.2, 0.25) is 0 Å². The van der Waals surface area contributed by atoms with Crippen molar-refractivity contribution >= 4 is 17.1 Å². The lowest BCUT2D eigenvalue weighted by molar-refractivity contribution is 0.660. The maximum Gasteiger partial charge on any atom is 0.0621 e. The van der Waals surface area contributed by atoms with Crippen molar-refractivity contribution in [2.45, 2.75) is 26.2 Å². The van der Waals surface area contributed by atoms with Crippen molar-refractivity contribution in [3.63, 3.8) is 0 Å². The van der Waals surface area contributed by atoms with Crippen LogP contribution in [-0.2, 0) is 5.41 Å². The summed E-state index contributed by atoms with van der Waals surface area (Å²) >= 11 is 0. The second-order valence-corrected chi connectivity index (χ2v) is 7.92. The van der Waals surface area contributed by atoms with Crippen molar-refractivity contribution in [2.75, 3.05) is 24.3 Å². The largest absolute Gasteiger partial charge is 0.376 e. The molecule has 0 saturated carbocycles. The summed E-state index contributed by atoms with van der Waals surface area (Å²) in [5.74, 6) is 0. The number of para-hydroxylation sites is 2. The molecule has 4 rings (SSSR count). The van der Waals surface area contributed by atoms with Gasteiger partial charge in [-0.05, 0) is 59.0 Å². The molecular weight excluding hydrogens is 316 g/mol. The molecular formula is C24H26N2. The van der Waals surface area contributed by atoms with Gasteiger partial charge in [-0.25, -0.2) is 0 Å². The minimum atomic E-state index is 0.0249. The van der Waals surface area contributed by atoms with Crippen molar-refractivity contribution < 1.29 is 0 Å². The zero-order chi connectivity index (χ0) is 18.5. The van der Waals surface area contributed by atoms with Crippen molar-refractivity contribution in [2.24, 2.45) is 0 Å². The van der Waals surface area contributed by atoms with Crippen molar-refractivity contribution in [3.8, 4) is 11.1 Å². The van der Waals surface area contributed by atoms with E-state index in [0.29, 0.717) is 0 Å². The lowest BCUT2D eigenvalue weighted by atomic mass is 9.82. The number of nitrogens with one attached hydrogen (secondary N) is 1. The maximum atomic E-state index is 3.67. The van der Waals surface area contributed by atoms with Gasteiger partial charge in [0.1, 0.15) is 0 Å². The van der Waals surface area contributed by atoms with E-state index in [9.17, 15) is 0 Å². The number of fused-ring (bicyclic) bond motifs is 3. The fourth-order valence-electron chi connectivity index (χ4n) is 4.11. The Morgan fingerprint density at radius 2 is 1.46 bits per heavy atom. The highest BCUT2D eigenvalue weighted by molar-refractivity contribution is 5.85. The van der Waals surface area contributed by atoms with Gasteiger partial charge >= 0.3 is 0 Å². The number of anilines is 3. The van der Waals surface area contributed by atoms with Crippen LogP contribution in [0.1, 0.15) is 30.5 Å². The van der Waals surface area contributed by atoms with E-state index in [1.807, 2.05) is 0 Å². The highest BCUT2D eigenvalue weighted by Gasteiger charge is 2.35. The molecule has 0 heterocycles. The third kappa shape index (κ3) is 2.48. The molecule has 1 N–H and O–H groups in total. The molecule has 0 radical (unpaired) electrons. The molecule has 0 fully saturated rings. The third-order valence-electron chi connectivity index (χ3n) is 5.58. The fourth-order valence-corrected chi connectivity index (χ4v) is 4.11. The predicted molar refractivity (Wildman–Crippen MR) is 113 cm³/mol. The summed E-state index contributed by atoms with van der Waals surface area (Å²) < 4.78 is 0. The quantitative estimate of drug-likeness (QED) is 0.617. The van der Waals surface area contributed by atoms with Crippen LogP contribution in [0, 0.1) is 6.92 Å². The first kappa shape index (κ1) is 16.7. The summed E-state index contributed by atoms with van der Waals surface area (Å²) in [6, 6.07) is 21.9. The Hall–Kier alpha value is -2.74. The Labute approximate surface area is 156 Å². The number of hydrogen-bond acceptors (Lipinski definition) is 2. The molecule has 2 heteroatoms. The highest BCUT2D eigenvalue weighted by Crippen LogP contribution is 2.50. The Kier molecular flexibility index (Phi) is 3.80. The molecule has 3 aromatic rings. The molecule has 0 saturated heterocycles. The van der Waals surface area contributed by atoms with Gasteiger partial charge in [-0.3, -0.25) is 0 Å². The zero-order valence-electron chi connectivity index (χ0n) is 16.2. The molecule has 0 atom stereocenters. The summed E-state index contributed by atoms with van der Waals surface area (Å²) in [4.78, 5) is 2.14. The Morgan fingerprint density at radius 3 is 2.23 bits per heavy atom. The van der Waals surface area contributed by atoms with Crippen molar-refractivity contribution in [3.05, 3.63) is 77.4 Å². The van der Waals surface area contributed by atoms with Gasteiger partial charge in [-0.1, -0.05) is 50.2 Å². The van der Waals surface area contributed by atoms with Gasteiger partial charge in [-0.2, -0.15) is 0 Å². The van der Waals surface area contributed by atoms with Crippen LogP contribution in [0.2, 0.25) is 0 Å². The average molecular weight is 342 g/mol. The first-order valence-corrected chi connectivity index (χ1v) is 9.18. The highest BCUT2D eigenvalue weighted by atomic mass is 15.1. The van der Waals surface area contributed by atoms with E-state index in [-0.39, 0.29) is 5.41 Å². The molecule has 26 heavy (non-hydrogen) atoms. The second kappa shape index (κ2) is 5.91. The molecule has 0 spiro atoms. The number of rotatable bonds is 3. The molecule has 0 bridgehead atoms. The summed E-state index contributed by atoms with van der Waals surface area (Å²) in [7, 11) is 4.16. The second-order valence-electron chi connectivity index (χ2n) is 7.92. The molecule has 132 valence electrons. The van der Waals surface area contributed by atoms with Crippen LogP contribution in [-0.4, -0.2) is 14.1 Å². The average Bonchev–Trinajstić information content (AvgIpc) is 2.83. The minimum absolute atomic E-state index is 0.0249. The van der Waals surface area contributed by atoms with Gasteiger partial charge in [0, 0.05) is 25.2 Å². The molecule has 0 unspecified atom stereocenters. The van der Waals surface area contributed by atoms with Crippen LogP contribution in [0.25, 0.3) is 11.1 Å². The van der Waals surface area contributed by atoms with E-state index in [0.717, 1.165) is 5.69 Å². The minimum Gasteiger partial charge on any atom is -0.376 e. The molecule has 0 amide bonds. The standard InChI is InChI=1S/C24H26N2/c1-16-14-18-17-10-6-7-11-19(17)24(2,3)20(18)15-22(16)25-21-12-8-9-13-23(21)26(4)5/h6-15,25H,1-5H3. The Bertz CT molecular complexity index is 983. The van der Waals surface area contributed by atoms with E-state index < -0.39 is 0 Å². The van der Waals surface area contributed by atoms with Crippen LogP contribution in [0.4, 0.5) is 17.1 Å². The SMILES string of the molecule is Cc1cc2c(cc1Nc1ccccc1N(C)C)C(C)(C)c1ccccc1-2. The van der Waals surface area contributed by atoms with Crippen molar-refractivity contribution in [1.82, 2.24) is 0 Å². The number of nitrogens with zero attached hydrogens (tertiary/aromatic N) is 1. The molecule has 0 aliphatic heterocycles. The Morgan fingerprint density at radius 1 is 0.769 bits per heavy atom. The van der Waals surface area contributed by atoms with Crippen molar-refractivity contribution in [1.29, 1.82) is 0 Å². The normalized spacial score (nSPS) is 13.9. The fraction of sp³-hybridized carbons (Fsp3) is 0.250. The summed E-state index contributed by atoms with van der Waals surface area (Å²) in [5.41, 5.74) is 10.4. The lowest BCUT2D eigenvalue weighted by Gasteiger charge is -2.24. The van der Waals surface area contributed by atoms with Gasteiger partial charge in [0.15, 0.2) is 0 Å². The first-order chi connectivity index (χ1) is 12.4.